The summed E-state index contributed by atoms with van der Waals surface area (Å²) in [5.41, 5.74) is -2.11. The van der Waals surface area contributed by atoms with Gasteiger partial charge in [-0.25, -0.2) is 4.39 Å². The van der Waals surface area contributed by atoms with Crippen molar-refractivity contribution < 1.29 is 45.0 Å². The van der Waals surface area contributed by atoms with E-state index < -0.39 is 53.0 Å². The number of halogens is 7. The first-order chi connectivity index (χ1) is 15.8. The topological polar surface area (TPSA) is 75.5 Å². The van der Waals surface area contributed by atoms with Gasteiger partial charge in [-0.3, -0.25) is 9.78 Å². The molecule has 1 unspecified atom stereocenters. The molecule has 2 heterocycles. The Hall–Kier alpha value is -3.56. The number of carbonyl (C=O) groups is 1. The predicted octanol–water partition coefficient (Wildman–Crippen LogP) is 4.69. The highest BCUT2D eigenvalue weighted by molar-refractivity contribution is 6.01. The van der Waals surface area contributed by atoms with E-state index in [1.807, 2.05) is 0 Å². The molecule has 1 aliphatic rings. The van der Waals surface area contributed by atoms with Crippen LogP contribution < -0.4 is 9.47 Å². The Morgan fingerprint density at radius 1 is 1.24 bits per heavy atom. The number of carbonyl (C=O) groups excluding carboxylic acids is 1. The molecule has 0 bridgehead atoms. The van der Waals surface area contributed by atoms with Crippen molar-refractivity contribution in [2.24, 2.45) is 0 Å². The Morgan fingerprint density at radius 2 is 1.88 bits per heavy atom. The lowest BCUT2D eigenvalue weighted by Gasteiger charge is -2.39. The van der Waals surface area contributed by atoms with E-state index in [9.17, 15) is 40.8 Å². The highest BCUT2D eigenvalue weighted by atomic mass is 19.4. The minimum atomic E-state index is -4.78. The lowest BCUT2D eigenvalue weighted by atomic mass is 9.93. The highest BCUT2D eigenvalue weighted by Gasteiger charge is 2.41. The standard InChI is InChI=1S/C21H16F7N3O3/c1-10(20(23,24)25)34-15-4-3-11(6-29)18(33-2)16(15)19(32)31-8-12(9-31)17-14(22)5-13(7-30-17)21(26,27)28/h3-5,7,10,12H,8-9H2,1-2H3. The number of alkyl halides is 6. The number of benzene rings is 1. The average Bonchev–Trinajstić information content (AvgIpc) is 2.71. The van der Waals surface area contributed by atoms with Gasteiger partial charge in [0.1, 0.15) is 23.2 Å². The quantitative estimate of drug-likeness (QED) is 0.568. The van der Waals surface area contributed by atoms with Crippen LogP contribution in [0.25, 0.3) is 0 Å². The second-order valence-electron chi connectivity index (χ2n) is 7.43. The number of hydrogen-bond donors (Lipinski definition) is 0. The van der Waals surface area contributed by atoms with Crippen LogP contribution in [0.4, 0.5) is 30.7 Å². The first-order valence-corrected chi connectivity index (χ1v) is 9.64. The van der Waals surface area contributed by atoms with Crippen molar-refractivity contribution in [1.29, 1.82) is 5.26 Å². The molecule has 1 aromatic heterocycles. The summed E-state index contributed by atoms with van der Waals surface area (Å²) in [4.78, 5) is 17.7. The Labute approximate surface area is 188 Å². The molecular weight excluding hydrogens is 475 g/mol. The van der Waals surface area contributed by atoms with Gasteiger partial charge in [-0.2, -0.15) is 31.6 Å². The lowest BCUT2D eigenvalue weighted by molar-refractivity contribution is -0.189. The molecule has 34 heavy (non-hydrogen) atoms. The van der Waals surface area contributed by atoms with Gasteiger partial charge in [-0.05, 0) is 25.1 Å². The van der Waals surface area contributed by atoms with Crippen LogP contribution in [0.3, 0.4) is 0 Å². The van der Waals surface area contributed by atoms with Gasteiger partial charge in [0.25, 0.3) is 5.91 Å². The van der Waals surface area contributed by atoms with Gasteiger partial charge >= 0.3 is 12.4 Å². The molecule has 13 heteroatoms. The molecule has 1 atom stereocenters. The Bertz CT molecular complexity index is 1140. The molecule has 0 spiro atoms. The van der Waals surface area contributed by atoms with Crippen molar-refractivity contribution in [3.05, 3.63) is 52.6 Å². The maximum absolute atomic E-state index is 14.2. The van der Waals surface area contributed by atoms with Gasteiger partial charge in [-0.15, -0.1) is 0 Å². The van der Waals surface area contributed by atoms with Gasteiger partial charge in [0.15, 0.2) is 11.9 Å². The smallest absolute Gasteiger partial charge is 0.425 e. The second kappa shape index (κ2) is 9.00. The van der Waals surface area contributed by atoms with E-state index in [4.69, 9.17) is 9.47 Å². The van der Waals surface area contributed by atoms with Gasteiger partial charge in [0.05, 0.1) is 23.9 Å². The Morgan fingerprint density at radius 3 is 2.38 bits per heavy atom. The molecule has 1 aliphatic heterocycles. The number of rotatable bonds is 5. The van der Waals surface area contributed by atoms with Crippen LogP contribution in [0, 0.1) is 17.1 Å². The fraction of sp³-hybridized carbons (Fsp3) is 0.381. The van der Waals surface area contributed by atoms with Crippen LogP contribution in [0.5, 0.6) is 11.5 Å². The zero-order valence-corrected chi connectivity index (χ0v) is 17.6. The largest absolute Gasteiger partial charge is 0.494 e. The van der Waals surface area contributed by atoms with Gasteiger partial charge in [0, 0.05) is 25.2 Å². The molecular formula is C21H16F7N3O3. The van der Waals surface area contributed by atoms with Gasteiger partial charge in [0.2, 0.25) is 0 Å². The maximum Gasteiger partial charge on any atom is 0.425 e. The normalized spacial score (nSPS) is 15.4. The van der Waals surface area contributed by atoms with Crippen molar-refractivity contribution in [3.63, 3.8) is 0 Å². The summed E-state index contributed by atoms with van der Waals surface area (Å²) in [5.74, 6) is -3.58. The Balaban J connectivity index is 1.87. The average molecular weight is 491 g/mol. The zero-order valence-electron chi connectivity index (χ0n) is 17.6. The minimum absolute atomic E-state index is 0.134. The van der Waals surface area contributed by atoms with Crippen molar-refractivity contribution in [1.82, 2.24) is 9.88 Å². The summed E-state index contributed by atoms with van der Waals surface area (Å²) >= 11 is 0. The van der Waals surface area contributed by atoms with Crippen molar-refractivity contribution in [2.45, 2.75) is 31.3 Å². The second-order valence-corrected chi connectivity index (χ2v) is 7.43. The van der Waals surface area contributed by atoms with Crippen LogP contribution in [-0.4, -0.2) is 48.3 Å². The number of methoxy groups -OCH3 is 1. The number of likely N-dealkylation sites (tertiary alicyclic amines) is 1. The van der Waals surface area contributed by atoms with Gasteiger partial charge < -0.3 is 14.4 Å². The van der Waals surface area contributed by atoms with E-state index in [0.29, 0.717) is 12.3 Å². The molecule has 1 fully saturated rings. The molecule has 3 rings (SSSR count). The van der Waals surface area contributed by atoms with Crippen LogP contribution in [0.1, 0.15) is 40.0 Å². The molecule has 1 saturated heterocycles. The molecule has 0 saturated carbocycles. The summed E-state index contributed by atoms with van der Waals surface area (Å²) in [5, 5.41) is 9.26. The fourth-order valence-electron chi connectivity index (χ4n) is 3.30. The molecule has 6 nitrogen and oxygen atoms in total. The number of hydrogen-bond acceptors (Lipinski definition) is 5. The van der Waals surface area contributed by atoms with Crippen LogP contribution in [0.2, 0.25) is 0 Å². The summed E-state index contributed by atoms with van der Waals surface area (Å²) in [6.45, 7) is 0.377. The van der Waals surface area contributed by atoms with Crippen LogP contribution in [-0.2, 0) is 6.18 Å². The van der Waals surface area contributed by atoms with Crippen molar-refractivity contribution in [2.75, 3.05) is 20.2 Å². The minimum Gasteiger partial charge on any atom is -0.494 e. The van der Waals surface area contributed by atoms with E-state index in [0.717, 1.165) is 31.1 Å². The molecule has 1 aromatic carbocycles. The van der Waals surface area contributed by atoms with Crippen molar-refractivity contribution >= 4 is 5.91 Å². The highest BCUT2D eigenvalue weighted by Crippen LogP contribution is 2.39. The third kappa shape index (κ3) is 4.85. The summed E-state index contributed by atoms with van der Waals surface area (Å²) in [7, 11) is 1.12. The third-order valence-corrected chi connectivity index (χ3v) is 5.18. The van der Waals surface area contributed by atoms with Gasteiger partial charge in [-0.1, -0.05) is 0 Å². The molecule has 2 aromatic rings. The number of nitrogens with zero attached hydrogens (tertiary/aromatic N) is 3. The molecule has 0 N–H and O–H groups in total. The van der Waals surface area contributed by atoms with Crippen LogP contribution >= 0.6 is 0 Å². The number of nitriles is 1. The molecule has 0 radical (unpaired) electrons. The van der Waals surface area contributed by atoms with E-state index >= 15 is 0 Å². The van der Waals surface area contributed by atoms with E-state index in [2.05, 4.69) is 4.98 Å². The molecule has 0 aliphatic carbocycles. The zero-order chi connectivity index (χ0) is 25.4. The third-order valence-electron chi connectivity index (χ3n) is 5.18. The van der Waals surface area contributed by atoms with E-state index in [1.54, 1.807) is 6.07 Å². The molecule has 1 amide bonds. The molecule has 182 valence electrons. The fourth-order valence-corrected chi connectivity index (χ4v) is 3.30. The Kier molecular flexibility index (Phi) is 6.64. The number of amides is 1. The number of aromatic nitrogens is 1. The SMILES string of the molecule is COc1c(C#N)ccc(OC(C)C(F)(F)F)c1C(=O)N1CC(c2ncc(C(F)(F)F)cc2F)C1. The van der Waals surface area contributed by atoms with Crippen molar-refractivity contribution in [3.8, 4) is 17.6 Å². The van der Waals surface area contributed by atoms with E-state index in [-0.39, 0.29) is 30.1 Å². The first-order valence-electron chi connectivity index (χ1n) is 9.64. The monoisotopic (exact) mass is 491 g/mol. The van der Waals surface area contributed by atoms with E-state index in [1.165, 1.54) is 0 Å². The maximum atomic E-state index is 14.2. The first kappa shape index (κ1) is 25.1. The predicted molar refractivity (Wildman–Crippen MR) is 102 cm³/mol. The van der Waals surface area contributed by atoms with Crippen LogP contribution in [0.15, 0.2) is 24.4 Å². The summed E-state index contributed by atoms with van der Waals surface area (Å²) in [6, 6.07) is 4.23. The lowest BCUT2D eigenvalue weighted by Crippen LogP contribution is -2.49. The number of pyridine rings is 1. The summed E-state index contributed by atoms with van der Waals surface area (Å²) < 4.78 is 101. The summed E-state index contributed by atoms with van der Waals surface area (Å²) in [6.07, 6.45) is -11.3. The number of ether oxygens (including phenoxy) is 2.